The SMILES string of the molecule is CCOC(=O)N1CC2(CCC(N3CCN(C4=C(C5=CN=NCC5)CCC=N4)CC3)C2)C1. The number of piperazine rings is 1. The molecule has 0 bridgehead atoms. The van der Waals surface area contributed by atoms with Crippen molar-refractivity contribution in [2.75, 3.05) is 52.4 Å². The minimum Gasteiger partial charge on any atom is -0.450 e. The van der Waals surface area contributed by atoms with E-state index in [1.165, 1.54) is 36.2 Å². The van der Waals surface area contributed by atoms with E-state index in [1.54, 1.807) is 0 Å². The third-order valence-electron chi connectivity index (χ3n) is 7.56. The molecule has 0 radical (unpaired) electrons. The highest BCUT2D eigenvalue weighted by Crippen LogP contribution is 2.47. The summed E-state index contributed by atoms with van der Waals surface area (Å²) in [6.45, 7) is 9.11. The summed E-state index contributed by atoms with van der Waals surface area (Å²) in [7, 11) is 0. The van der Waals surface area contributed by atoms with Gasteiger partial charge in [0.25, 0.3) is 0 Å². The molecule has 1 aliphatic carbocycles. The summed E-state index contributed by atoms with van der Waals surface area (Å²) in [5, 5.41) is 8.25. The predicted molar refractivity (Wildman–Crippen MR) is 119 cm³/mol. The maximum Gasteiger partial charge on any atom is 0.409 e. The Hall–Kier alpha value is -2.22. The van der Waals surface area contributed by atoms with Crippen molar-refractivity contribution in [3.63, 3.8) is 0 Å². The number of hydrogen-bond acceptors (Lipinski definition) is 7. The molecule has 31 heavy (non-hydrogen) atoms. The van der Waals surface area contributed by atoms with Gasteiger partial charge in [-0.2, -0.15) is 10.2 Å². The van der Waals surface area contributed by atoms with E-state index in [0.717, 1.165) is 65.1 Å². The first-order valence-corrected chi connectivity index (χ1v) is 11.9. The van der Waals surface area contributed by atoms with Crippen molar-refractivity contribution in [3.05, 3.63) is 23.2 Å². The lowest BCUT2D eigenvalue weighted by Crippen LogP contribution is -2.58. The average Bonchev–Trinajstić information content (AvgIpc) is 3.25. The van der Waals surface area contributed by atoms with E-state index >= 15 is 0 Å². The van der Waals surface area contributed by atoms with Crippen LogP contribution in [-0.2, 0) is 4.74 Å². The second kappa shape index (κ2) is 8.73. The fraction of sp³-hybridized carbons (Fsp3) is 0.739. The number of rotatable bonds is 4. The molecule has 0 aromatic heterocycles. The van der Waals surface area contributed by atoms with Crippen LogP contribution in [0.3, 0.4) is 0 Å². The number of azo groups is 1. The lowest BCUT2D eigenvalue weighted by Gasteiger charge is -2.48. The third-order valence-corrected chi connectivity index (χ3v) is 7.56. The van der Waals surface area contributed by atoms with Crippen LogP contribution in [-0.4, -0.2) is 85.5 Å². The van der Waals surface area contributed by atoms with Gasteiger partial charge in [-0.25, -0.2) is 9.79 Å². The number of carbonyl (C=O) groups is 1. The molecule has 0 N–H and O–H groups in total. The molecular weight excluding hydrogens is 392 g/mol. The molecule has 168 valence electrons. The molecule has 8 heteroatoms. The molecule has 0 aromatic rings. The lowest BCUT2D eigenvalue weighted by molar-refractivity contribution is -0.00430. The molecule has 1 unspecified atom stereocenters. The van der Waals surface area contributed by atoms with E-state index < -0.39 is 0 Å². The monoisotopic (exact) mass is 426 g/mol. The molecule has 1 atom stereocenters. The molecule has 5 aliphatic rings. The van der Waals surface area contributed by atoms with E-state index in [2.05, 4.69) is 26.2 Å². The maximum absolute atomic E-state index is 11.9. The van der Waals surface area contributed by atoms with Crippen molar-refractivity contribution < 1.29 is 9.53 Å². The van der Waals surface area contributed by atoms with Gasteiger partial charge in [-0.3, -0.25) is 4.90 Å². The summed E-state index contributed by atoms with van der Waals surface area (Å²) in [6.07, 6.45) is 10.6. The molecule has 2 saturated heterocycles. The van der Waals surface area contributed by atoms with E-state index in [0.29, 0.717) is 18.1 Å². The van der Waals surface area contributed by atoms with Crippen LogP contribution in [0.15, 0.2) is 38.4 Å². The second-order valence-electron chi connectivity index (χ2n) is 9.51. The largest absolute Gasteiger partial charge is 0.450 e. The number of aliphatic imine (C=N–C) groups is 1. The van der Waals surface area contributed by atoms with Crippen LogP contribution in [0.5, 0.6) is 0 Å². The van der Waals surface area contributed by atoms with E-state index in [1.807, 2.05) is 18.0 Å². The highest BCUT2D eigenvalue weighted by atomic mass is 16.6. The first-order chi connectivity index (χ1) is 15.2. The molecule has 4 heterocycles. The van der Waals surface area contributed by atoms with Crippen LogP contribution in [0, 0.1) is 5.41 Å². The van der Waals surface area contributed by atoms with Gasteiger partial charge in [0.05, 0.1) is 19.4 Å². The summed E-state index contributed by atoms with van der Waals surface area (Å²) in [5.74, 6) is 1.17. The van der Waals surface area contributed by atoms with Crippen molar-refractivity contribution >= 4 is 12.3 Å². The minimum absolute atomic E-state index is 0.142. The fourth-order valence-corrected chi connectivity index (χ4v) is 5.94. The van der Waals surface area contributed by atoms with Crippen LogP contribution < -0.4 is 0 Å². The zero-order valence-corrected chi connectivity index (χ0v) is 18.6. The molecule has 0 aromatic carbocycles. The first-order valence-electron chi connectivity index (χ1n) is 11.9. The van der Waals surface area contributed by atoms with Crippen LogP contribution >= 0.6 is 0 Å². The summed E-state index contributed by atoms with van der Waals surface area (Å²) in [5.41, 5.74) is 3.03. The third kappa shape index (κ3) is 4.14. The number of hydrogen-bond donors (Lipinski definition) is 0. The zero-order chi connectivity index (χ0) is 21.3. The van der Waals surface area contributed by atoms with Gasteiger partial charge in [0, 0.05) is 56.9 Å². The van der Waals surface area contributed by atoms with Crippen molar-refractivity contribution in [2.45, 2.75) is 51.5 Å². The molecule has 1 amide bonds. The van der Waals surface area contributed by atoms with E-state index in [4.69, 9.17) is 9.73 Å². The van der Waals surface area contributed by atoms with Gasteiger partial charge >= 0.3 is 6.09 Å². The Morgan fingerprint density at radius 3 is 2.81 bits per heavy atom. The predicted octanol–water partition coefficient (Wildman–Crippen LogP) is 3.43. The lowest BCUT2D eigenvalue weighted by atomic mass is 9.78. The number of allylic oxidation sites excluding steroid dienone is 1. The Balaban J connectivity index is 1.17. The molecule has 1 spiro atoms. The van der Waals surface area contributed by atoms with Gasteiger partial charge in [0.1, 0.15) is 5.82 Å². The van der Waals surface area contributed by atoms with Gasteiger partial charge in [0.15, 0.2) is 0 Å². The Morgan fingerprint density at radius 2 is 2.06 bits per heavy atom. The fourth-order valence-electron chi connectivity index (χ4n) is 5.94. The first kappa shape index (κ1) is 20.7. The maximum atomic E-state index is 11.9. The quantitative estimate of drug-likeness (QED) is 0.690. The number of ether oxygens (including phenoxy) is 1. The average molecular weight is 427 g/mol. The standard InChI is InChI=1S/C23H34N6O2/c1-2-31-22(30)29-16-23(17-29)7-5-19(14-23)27-10-12-28(13-11-27)21-20(4-3-8-24-21)18-6-9-25-26-15-18/h8,15,19H,2-7,9-14,16-17H2,1H3. The molecule has 1 saturated carbocycles. The summed E-state index contributed by atoms with van der Waals surface area (Å²) < 4.78 is 5.15. The number of carbonyl (C=O) groups excluding carboxylic acids is 1. The van der Waals surface area contributed by atoms with Crippen molar-refractivity contribution in [3.8, 4) is 0 Å². The highest BCUT2D eigenvalue weighted by molar-refractivity contribution is 5.69. The van der Waals surface area contributed by atoms with Gasteiger partial charge in [-0.1, -0.05) is 0 Å². The van der Waals surface area contributed by atoms with Crippen molar-refractivity contribution in [2.24, 2.45) is 20.6 Å². The van der Waals surface area contributed by atoms with Gasteiger partial charge in [0.2, 0.25) is 0 Å². The van der Waals surface area contributed by atoms with E-state index in [9.17, 15) is 4.79 Å². The Bertz CT molecular complexity index is 818. The van der Waals surface area contributed by atoms with Crippen molar-refractivity contribution in [1.29, 1.82) is 0 Å². The minimum atomic E-state index is -0.142. The van der Waals surface area contributed by atoms with E-state index in [-0.39, 0.29) is 6.09 Å². The van der Waals surface area contributed by atoms with Gasteiger partial charge in [-0.05, 0) is 56.6 Å². The topological polar surface area (TPSA) is 73.1 Å². The van der Waals surface area contributed by atoms with Crippen LogP contribution in [0.2, 0.25) is 0 Å². The van der Waals surface area contributed by atoms with Gasteiger partial charge in [-0.15, -0.1) is 0 Å². The van der Waals surface area contributed by atoms with Crippen LogP contribution in [0.4, 0.5) is 4.79 Å². The van der Waals surface area contributed by atoms with Crippen molar-refractivity contribution in [1.82, 2.24) is 14.7 Å². The number of nitrogens with zero attached hydrogens (tertiary/aromatic N) is 6. The molecule has 8 nitrogen and oxygen atoms in total. The highest BCUT2D eigenvalue weighted by Gasteiger charge is 2.51. The normalized spacial score (nSPS) is 28.2. The Kier molecular flexibility index (Phi) is 5.82. The smallest absolute Gasteiger partial charge is 0.409 e. The molecule has 3 fully saturated rings. The molecular formula is C23H34N6O2. The summed E-state index contributed by atoms with van der Waals surface area (Å²) >= 11 is 0. The zero-order valence-electron chi connectivity index (χ0n) is 18.6. The van der Waals surface area contributed by atoms with Gasteiger partial charge < -0.3 is 14.5 Å². The van der Waals surface area contributed by atoms with Crippen LogP contribution in [0.25, 0.3) is 0 Å². The Labute approximate surface area is 184 Å². The Morgan fingerprint density at radius 1 is 1.23 bits per heavy atom. The number of likely N-dealkylation sites (tertiary alicyclic amines) is 1. The van der Waals surface area contributed by atoms with Crippen LogP contribution in [0.1, 0.15) is 45.4 Å². The second-order valence-corrected chi connectivity index (χ2v) is 9.51. The molecule has 5 rings (SSSR count). The molecule has 4 aliphatic heterocycles. The summed E-state index contributed by atoms with van der Waals surface area (Å²) in [4.78, 5) is 23.8. The number of amides is 1. The summed E-state index contributed by atoms with van der Waals surface area (Å²) in [6, 6.07) is 0.649.